The van der Waals surface area contributed by atoms with Crippen LogP contribution in [0.5, 0.6) is 0 Å². The molecule has 27 heavy (non-hydrogen) atoms. The van der Waals surface area contributed by atoms with E-state index in [1.165, 1.54) is 24.3 Å². The first-order valence-corrected chi connectivity index (χ1v) is 8.71. The Kier molecular flexibility index (Phi) is 5.93. The van der Waals surface area contributed by atoms with Crippen LogP contribution >= 0.6 is 0 Å². The van der Waals surface area contributed by atoms with Gasteiger partial charge in [0.1, 0.15) is 11.5 Å². The summed E-state index contributed by atoms with van der Waals surface area (Å²) in [6.45, 7) is 0.277. The van der Waals surface area contributed by atoms with Crippen molar-refractivity contribution in [2.45, 2.75) is 25.4 Å². The SMILES string of the molecule is O=C(CCc1nc2ccccc2[nH]c1=O)NCCC(O)c1ccc(F)cc1. The molecule has 1 atom stereocenters. The maximum Gasteiger partial charge on any atom is 0.270 e. The highest BCUT2D eigenvalue weighted by Crippen LogP contribution is 2.16. The van der Waals surface area contributed by atoms with Gasteiger partial charge in [0, 0.05) is 19.4 Å². The molecule has 0 fully saturated rings. The van der Waals surface area contributed by atoms with Gasteiger partial charge in [-0.2, -0.15) is 0 Å². The smallest absolute Gasteiger partial charge is 0.270 e. The molecule has 3 rings (SSSR count). The van der Waals surface area contributed by atoms with E-state index < -0.39 is 6.10 Å². The Morgan fingerprint density at radius 3 is 2.70 bits per heavy atom. The number of aliphatic hydroxyl groups excluding tert-OH is 1. The Morgan fingerprint density at radius 1 is 1.19 bits per heavy atom. The molecule has 3 aromatic rings. The van der Waals surface area contributed by atoms with E-state index in [9.17, 15) is 19.1 Å². The van der Waals surface area contributed by atoms with Crippen LogP contribution in [0.25, 0.3) is 11.0 Å². The van der Waals surface area contributed by atoms with Crippen LogP contribution in [0.4, 0.5) is 4.39 Å². The highest BCUT2D eigenvalue weighted by atomic mass is 19.1. The number of hydrogen-bond acceptors (Lipinski definition) is 4. The lowest BCUT2D eigenvalue weighted by Gasteiger charge is -2.11. The third-order valence-electron chi connectivity index (χ3n) is 4.25. The van der Waals surface area contributed by atoms with E-state index in [-0.39, 0.29) is 36.7 Å². The van der Waals surface area contributed by atoms with Crippen LogP contribution < -0.4 is 10.9 Å². The van der Waals surface area contributed by atoms with Crippen molar-refractivity contribution in [3.8, 4) is 0 Å². The number of carbonyl (C=O) groups is 1. The standard InChI is InChI=1S/C20H20FN3O3/c21-14-7-5-13(6-8-14)18(25)11-12-22-19(26)10-9-17-20(27)24-16-4-2-1-3-15(16)23-17/h1-8,18,25H,9-12H2,(H,22,26)(H,24,27). The summed E-state index contributed by atoms with van der Waals surface area (Å²) in [5.74, 6) is -0.591. The fraction of sp³-hybridized carbons (Fsp3) is 0.250. The number of rotatable bonds is 7. The normalized spacial score (nSPS) is 12.1. The summed E-state index contributed by atoms with van der Waals surface area (Å²) in [7, 11) is 0. The van der Waals surface area contributed by atoms with Crippen molar-refractivity contribution in [1.82, 2.24) is 15.3 Å². The van der Waals surface area contributed by atoms with E-state index in [2.05, 4.69) is 15.3 Å². The number of fused-ring (bicyclic) bond motifs is 1. The number of hydrogen-bond donors (Lipinski definition) is 3. The molecular weight excluding hydrogens is 349 g/mol. The highest BCUT2D eigenvalue weighted by Gasteiger charge is 2.10. The van der Waals surface area contributed by atoms with Gasteiger partial charge in [-0.15, -0.1) is 0 Å². The first-order chi connectivity index (χ1) is 13.0. The topological polar surface area (TPSA) is 95.1 Å². The number of aromatic amines is 1. The molecule has 0 aliphatic rings. The summed E-state index contributed by atoms with van der Waals surface area (Å²) in [4.78, 5) is 31.1. The van der Waals surface area contributed by atoms with E-state index in [0.29, 0.717) is 28.7 Å². The minimum atomic E-state index is -0.782. The monoisotopic (exact) mass is 369 g/mol. The van der Waals surface area contributed by atoms with E-state index in [4.69, 9.17) is 0 Å². The van der Waals surface area contributed by atoms with Crippen molar-refractivity contribution < 1.29 is 14.3 Å². The number of aryl methyl sites for hydroxylation is 1. The van der Waals surface area contributed by atoms with Gasteiger partial charge >= 0.3 is 0 Å². The molecule has 1 amide bonds. The van der Waals surface area contributed by atoms with Crippen molar-refractivity contribution in [2.75, 3.05) is 6.54 Å². The third kappa shape index (κ3) is 4.98. The number of nitrogens with zero attached hydrogens (tertiary/aromatic N) is 1. The zero-order valence-electron chi connectivity index (χ0n) is 14.6. The van der Waals surface area contributed by atoms with Crippen LogP contribution in [0.1, 0.15) is 30.2 Å². The van der Waals surface area contributed by atoms with Crippen LogP contribution in [0, 0.1) is 5.82 Å². The van der Waals surface area contributed by atoms with Gasteiger partial charge in [0.15, 0.2) is 0 Å². The second-order valence-corrected chi connectivity index (χ2v) is 6.24. The first kappa shape index (κ1) is 18.7. The molecule has 7 heteroatoms. The van der Waals surface area contributed by atoms with Gasteiger partial charge in [-0.1, -0.05) is 24.3 Å². The summed E-state index contributed by atoms with van der Waals surface area (Å²) in [6, 6.07) is 12.8. The fourth-order valence-corrected chi connectivity index (χ4v) is 2.76. The molecular formula is C20H20FN3O3. The molecule has 0 saturated heterocycles. The number of nitrogens with one attached hydrogen (secondary N) is 2. The molecule has 6 nitrogen and oxygen atoms in total. The summed E-state index contributed by atoms with van der Waals surface area (Å²) >= 11 is 0. The second kappa shape index (κ2) is 8.55. The Labute approximate surface area is 155 Å². The summed E-state index contributed by atoms with van der Waals surface area (Å²) in [5, 5.41) is 12.7. The quantitative estimate of drug-likeness (QED) is 0.595. The van der Waals surface area contributed by atoms with Crippen molar-refractivity contribution >= 4 is 16.9 Å². The Morgan fingerprint density at radius 2 is 1.93 bits per heavy atom. The van der Waals surface area contributed by atoms with E-state index in [0.717, 1.165) is 0 Å². The number of halogens is 1. The van der Waals surface area contributed by atoms with Crippen LogP contribution in [0.3, 0.4) is 0 Å². The molecule has 0 bridgehead atoms. The predicted molar refractivity (Wildman–Crippen MR) is 99.7 cm³/mol. The van der Waals surface area contributed by atoms with Crippen LogP contribution in [-0.4, -0.2) is 27.5 Å². The molecule has 0 saturated carbocycles. The van der Waals surface area contributed by atoms with E-state index in [1.54, 1.807) is 12.1 Å². The van der Waals surface area contributed by atoms with E-state index >= 15 is 0 Å². The van der Waals surface area contributed by atoms with Crippen molar-refractivity contribution in [3.05, 3.63) is 76.0 Å². The number of H-pyrrole nitrogens is 1. The van der Waals surface area contributed by atoms with Gasteiger partial charge < -0.3 is 15.4 Å². The predicted octanol–water partition coefficient (Wildman–Crippen LogP) is 2.23. The molecule has 0 spiro atoms. The molecule has 1 unspecified atom stereocenters. The molecule has 1 heterocycles. The van der Waals surface area contributed by atoms with Gasteiger partial charge in [0.2, 0.25) is 5.91 Å². The molecule has 0 aliphatic heterocycles. The molecule has 2 aromatic carbocycles. The number of para-hydroxylation sites is 2. The van der Waals surface area contributed by atoms with Crippen LogP contribution in [0.15, 0.2) is 53.3 Å². The summed E-state index contributed by atoms with van der Waals surface area (Å²) < 4.78 is 12.9. The Balaban J connectivity index is 1.48. The van der Waals surface area contributed by atoms with Crippen molar-refractivity contribution in [2.24, 2.45) is 0 Å². The lowest BCUT2D eigenvalue weighted by Crippen LogP contribution is -2.27. The Bertz CT molecular complexity index is 986. The van der Waals surface area contributed by atoms with Crippen molar-refractivity contribution in [3.63, 3.8) is 0 Å². The summed E-state index contributed by atoms with van der Waals surface area (Å²) in [6.07, 6.45) is -0.115. The number of aliphatic hydroxyl groups is 1. The van der Waals surface area contributed by atoms with E-state index in [1.807, 2.05) is 12.1 Å². The fourth-order valence-electron chi connectivity index (χ4n) is 2.76. The molecule has 0 aliphatic carbocycles. The lowest BCUT2D eigenvalue weighted by molar-refractivity contribution is -0.121. The second-order valence-electron chi connectivity index (χ2n) is 6.24. The summed E-state index contributed by atoms with van der Waals surface area (Å²) in [5.41, 5.74) is 1.95. The van der Waals surface area contributed by atoms with Gasteiger partial charge in [0.25, 0.3) is 5.56 Å². The Hall–Kier alpha value is -3.06. The molecule has 3 N–H and O–H groups in total. The lowest BCUT2D eigenvalue weighted by atomic mass is 10.1. The average molecular weight is 369 g/mol. The third-order valence-corrected chi connectivity index (χ3v) is 4.25. The van der Waals surface area contributed by atoms with Gasteiger partial charge in [0.05, 0.1) is 17.1 Å². The van der Waals surface area contributed by atoms with Gasteiger partial charge in [-0.05, 0) is 36.2 Å². The average Bonchev–Trinajstić information content (AvgIpc) is 2.66. The number of aromatic nitrogens is 2. The highest BCUT2D eigenvalue weighted by molar-refractivity contribution is 5.76. The van der Waals surface area contributed by atoms with Crippen molar-refractivity contribution in [1.29, 1.82) is 0 Å². The zero-order valence-corrected chi connectivity index (χ0v) is 14.6. The first-order valence-electron chi connectivity index (χ1n) is 8.71. The van der Waals surface area contributed by atoms with Crippen LogP contribution in [-0.2, 0) is 11.2 Å². The molecule has 1 aromatic heterocycles. The minimum absolute atomic E-state index is 0.126. The van der Waals surface area contributed by atoms with Gasteiger partial charge in [-0.25, -0.2) is 9.37 Å². The van der Waals surface area contributed by atoms with Gasteiger partial charge in [-0.3, -0.25) is 9.59 Å². The number of benzene rings is 2. The number of amides is 1. The minimum Gasteiger partial charge on any atom is -0.388 e. The van der Waals surface area contributed by atoms with Crippen LogP contribution in [0.2, 0.25) is 0 Å². The zero-order chi connectivity index (χ0) is 19.2. The maximum absolute atomic E-state index is 12.9. The molecule has 140 valence electrons. The largest absolute Gasteiger partial charge is 0.388 e. The number of carbonyl (C=O) groups excluding carboxylic acids is 1. The molecule has 0 radical (unpaired) electrons. The maximum atomic E-state index is 12.9.